The lowest BCUT2D eigenvalue weighted by atomic mass is 9.94. The summed E-state index contributed by atoms with van der Waals surface area (Å²) in [5, 5.41) is 6.08. The van der Waals surface area contributed by atoms with Gasteiger partial charge in [-0.2, -0.15) is 0 Å². The van der Waals surface area contributed by atoms with Crippen LogP contribution < -0.4 is 5.32 Å². The van der Waals surface area contributed by atoms with Gasteiger partial charge in [0.1, 0.15) is 0 Å². The van der Waals surface area contributed by atoms with E-state index in [0.717, 1.165) is 19.6 Å². The van der Waals surface area contributed by atoms with Crippen molar-refractivity contribution in [3.8, 4) is 0 Å². The Morgan fingerprint density at radius 1 is 1.37 bits per heavy atom. The third-order valence-electron chi connectivity index (χ3n) is 4.29. The fourth-order valence-corrected chi connectivity index (χ4v) is 2.61. The maximum atomic E-state index is 5.66. The summed E-state index contributed by atoms with van der Waals surface area (Å²) in [4.78, 5) is 4.14. The molecule has 2 heterocycles. The SMILES string of the molecule is CC1OCCC1(C)NCc1ccc2cnccc2c1. The van der Waals surface area contributed by atoms with Crippen molar-refractivity contribution in [2.45, 2.75) is 38.5 Å². The molecule has 3 rings (SSSR count). The van der Waals surface area contributed by atoms with E-state index in [1.54, 1.807) is 0 Å². The van der Waals surface area contributed by atoms with Crippen LogP contribution in [0, 0.1) is 0 Å². The van der Waals surface area contributed by atoms with Gasteiger partial charge in [0.15, 0.2) is 0 Å². The first kappa shape index (κ1) is 12.6. The molecule has 19 heavy (non-hydrogen) atoms. The molecule has 1 aromatic carbocycles. The summed E-state index contributed by atoms with van der Waals surface area (Å²) in [6.07, 6.45) is 5.09. The molecule has 1 saturated heterocycles. The summed E-state index contributed by atoms with van der Waals surface area (Å²) in [6, 6.07) is 8.59. The number of nitrogens with zero attached hydrogens (tertiary/aromatic N) is 1. The van der Waals surface area contributed by atoms with E-state index in [-0.39, 0.29) is 11.6 Å². The zero-order valence-electron chi connectivity index (χ0n) is 11.5. The molecule has 1 fully saturated rings. The molecule has 0 bridgehead atoms. The summed E-state index contributed by atoms with van der Waals surface area (Å²) in [7, 11) is 0. The van der Waals surface area contributed by atoms with E-state index in [4.69, 9.17) is 4.74 Å². The van der Waals surface area contributed by atoms with Crippen molar-refractivity contribution in [2.24, 2.45) is 0 Å². The van der Waals surface area contributed by atoms with Gasteiger partial charge in [0, 0.05) is 36.5 Å². The number of pyridine rings is 1. The van der Waals surface area contributed by atoms with Gasteiger partial charge in [0.05, 0.1) is 6.10 Å². The fraction of sp³-hybridized carbons (Fsp3) is 0.438. The Bertz CT molecular complexity index is 584. The number of aromatic nitrogens is 1. The van der Waals surface area contributed by atoms with Gasteiger partial charge in [-0.15, -0.1) is 0 Å². The standard InChI is InChI=1S/C16H20N2O/c1-12-16(2,6-8-19-12)18-10-13-3-4-15-11-17-7-5-14(15)9-13/h3-5,7,9,11-12,18H,6,8,10H2,1-2H3. The van der Waals surface area contributed by atoms with E-state index in [2.05, 4.69) is 48.4 Å². The Morgan fingerprint density at radius 3 is 3.05 bits per heavy atom. The van der Waals surface area contributed by atoms with Gasteiger partial charge < -0.3 is 10.1 Å². The van der Waals surface area contributed by atoms with Crippen LogP contribution >= 0.6 is 0 Å². The Kier molecular flexibility index (Phi) is 3.25. The molecule has 3 nitrogen and oxygen atoms in total. The monoisotopic (exact) mass is 256 g/mol. The number of fused-ring (bicyclic) bond motifs is 1. The second-order valence-electron chi connectivity index (χ2n) is 5.59. The summed E-state index contributed by atoms with van der Waals surface area (Å²) < 4.78 is 5.66. The largest absolute Gasteiger partial charge is 0.377 e. The first-order valence-corrected chi connectivity index (χ1v) is 6.87. The lowest BCUT2D eigenvalue weighted by molar-refractivity contribution is 0.0881. The minimum absolute atomic E-state index is 0.0905. The number of hydrogen-bond donors (Lipinski definition) is 1. The Hall–Kier alpha value is -1.45. The molecular formula is C16H20N2O. The van der Waals surface area contributed by atoms with E-state index in [0.29, 0.717) is 0 Å². The number of nitrogens with one attached hydrogen (secondary N) is 1. The van der Waals surface area contributed by atoms with Gasteiger partial charge in [-0.3, -0.25) is 4.98 Å². The van der Waals surface area contributed by atoms with Crippen molar-refractivity contribution in [3.05, 3.63) is 42.2 Å². The van der Waals surface area contributed by atoms with Gasteiger partial charge in [-0.05, 0) is 43.4 Å². The van der Waals surface area contributed by atoms with E-state index in [1.165, 1.54) is 16.3 Å². The predicted molar refractivity (Wildman–Crippen MR) is 77.0 cm³/mol. The van der Waals surface area contributed by atoms with Crippen LogP contribution in [0.15, 0.2) is 36.7 Å². The maximum absolute atomic E-state index is 5.66. The second-order valence-corrected chi connectivity index (χ2v) is 5.59. The van der Waals surface area contributed by atoms with Crippen molar-refractivity contribution in [1.29, 1.82) is 0 Å². The average molecular weight is 256 g/mol. The Balaban J connectivity index is 1.75. The summed E-state index contributed by atoms with van der Waals surface area (Å²) >= 11 is 0. The highest BCUT2D eigenvalue weighted by atomic mass is 16.5. The number of ether oxygens (including phenoxy) is 1. The lowest BCUT2D eigenvalue weighted by Gasteiger charge is -2.29. The molecule has 0 saturated carbocycles. The van der Waals surface area contributed by atoms with E-state index >= 15 is 0 Å². The van der Waals surface area contributed by atoms with Gasteiger partial charge in [-0.25, -0.2) is 0 Å². The van der Waals surface area contributed by atoms with Gasteiger partial charge in [0.2, 0.25) is 0 Å². The zero-order valence-corrected chi connectivity index (χ0v) is 11.5. The molecular weight excluding hydrogens is 236 g/mol. The Labute approximate surface area is 114 Å². The lowest BCUT2D eigenvalue weighted by Crippen LogP contribution is -2.47. The smallest absolute Gasteiger partial charge is 0.0726 e. The molecule has 2 unspecified atom stereocenters. The van der Waals surface area contributed by atoms with E-state index in [9.17, 15) is 0 Å². The number of hydrogen-bond acceptors (Lipinski definition) is 3. The van der Waals surface area contributed by atoms with Gasteiger partial charge in [-0.1, -0.05) is 12.1 Å². The van der Waals surface area contributed by atoms with Crippen molar-refractivity contribution < 1.29 is 4.74 Å². The predicted octanol–water partition coefficient (Wildman–Crippen LogP) is 2.89. The summed E-state index contributed by atoms with van der Waals surface area (Å²) in [5.41, 5.74) is 1.40. The van der Waals surface area contributed by atoms with Crippen LogP contribution in [0.3, 0.4) is 0 Å². The minimum atomic E-state index is 0.0905. The van der Waals surface area contributed by atoms with Crippen LogP contribution in [0.25, 0.3) is 10.8 Å². The molecule has 1 aromatic heterocycles. The molecule has 3 heteroatoms. The zero-order chi connectivity index (χ0) is 13.3. The Morgan fingerprint density at radius 2 is 2.26 bits per heavy atom. The quantitative estimate of drug-likeness (QED) is 0.917. The third-order valence-corrected chi connectivity index (χ3v) is 4.29. The van der Waals surface area contributed by atoms with Crippen molar-refractivity contribution in [1.82, 2.24) is 10.3 Å². The molecule has 100 valence electrons. The second kappa shape index (κ2) is 4.91. The summed E-state index contributed by atoms with van der Waals surface area (Å²) in [6.45, 7) is 6.12. The van der Waals surface area contributed by atoms with E-state index in [1.807, 2.05) is 12.4 Å². The summed E-state index contributed by atoms with van der Waals surface area (Å²) in [5.74, 6) is 0. The van der Waals surface area contributed by atoms with Crippen LogP contribution in [0.2, 0.25) is 0 Å². The minimum Gasteiger partial charge on any atom is -0.377 e. The van der Waals surface area contributed by atoms with E-state index < -0.39 is 0 Å². The van der Waals surface area contributed by atoms with Gasteiger partial charge in [0.25, 0.3) is 0 Å². The highest BCUT2D eigenvalue weighted by Crippen LogP contribution is 2.25. The topological polar surface area (TPSA) is 34.1 Å². The van der Waals surface area contributed by atoms with Gasteiger partial charge >= 0.3 is 0 Å². The van der Waals surface area contributed by atoms with Crippen LogP contribution in [-0.2, 0) is 11.3 Å². The van der Waals surface area contributed by atoms with Crippen LogP contribution in [0.5, 0.6) is 0 Å². The molecule has 0 spiro atoms. The first-order valence-electron chi connectivity index (χ1n) is 6.87. The normalized spacial score (nSPS) is 26.9. The third kappa shape index (κ3) is 2.48. The first-order chi connectivity index (χ1) is 9.17. The molecule has 1 aliphatic heterocycles. The molecule has 0 aliphatic carbocycles. The maximum Gasteiger partial charge on any atom is 0.0726 e. The number of rotatable bonds is 3. The van der Waals surface area contributed by atoms with Crippen molar-refractivity contribution in [3.63, 3.8) is 0 Å². The van der Waals surface area contributed by atoms with Crippen LogP contribution in [-0.4, -0.2) is 23.2 Å². The molecule has 0 radical (unpaired) electrons. The molecule has 1 N–H and O–H groups in total. The molecule has 2 aromatic rings. The van der Waals surface area contributed by atoms with Crippen LogP contribution in [0.1, 0.15) is 25.8 Å². The highest BCUT2D eigenvalue weighted by molar-refractivity contribution is 5.81. The van der Waals surface area contributed by atoms with Crippen molar-refractivity contribution >= 4 is 10.8 Å². The fourth-order valence-electron chi connectivity index (χ4n) is 2.61. The molecule has 1 aliphatic rings. The van der Waals surface area contributed by atoms with Crippen molar-refractivity contribution in [2.75, 3.05) is 6.61 Å². The molecule has 0 amide bonds. The molecule has 2 atom stereocenters. The van der Waals surface area contributed by atoms with Crippen LogP contribution in [0.4, 0.5) is 0 Å². The highest BCUT2D eigenvalue weighted by Gasteiger charge is 2.36. The number of benzene rings is 1. The average Bonchev–Trinajstić information content (AvgIpc) is 2.77.